The van der Waals surface area contributed by atoms with E-state index < -0.39 is 10.0 Å². The lowest BCUT2D eigenvalue weighted by atomic mass is 10.3. The zero-order valence-corrected chi connectivity index (χ0v) is 16.2. The summed E-state index contributed by atoms with van der Waals surface area (Å²) in [6.07, 6.45) is 1.09. The highest BCUT2D eigenvalue weighted by molar-refractivity contribution is 7.92. The lowest BCUT2D eigenvalue weighted by Gasteiger charge is -2.24. The minimum Gasteiger partial charge on any atom is -0.494 e. The van der Waals surface area contributed by atoms with E-state index in [1.54, 1.807) is 24.3 Å². The highest BCUT2D eigenvalue weighted by Crippen LogP contribution is 2.21. The van der Waals surface area contributed by atoms with Crippen LogP contribution in [0.3, 0.4) is 0 Å². The maximum absolute atomic E-state index is 12.2. The summed E-state index contributed by atoms with van der Waals surface area (Å²) < 4.78 is 35.9. The number of ether oxygens (including phenoxy) is 2. The van der Waals surface area contributed by atoms with Crippen molar-refractivity contribution in [1.29, 1.82) is 0 Å². The van der Waals surface area contributed by atoms with Gasteiger partial charge in [-0.05, 0) is 31.2 Å². The molecule has 146 valence electrons. The van der Waals surface area contributed by atoms with Gasteiger partial charge in [0, 0.05) is 0 Å². The van der Waals surface area contributed by atoms with Crippen molar-refractivity contribution in [3.05, 3.63) is 24.3 Å². The predicted octanol–water partition coefficient (Wildman–Crippen LogP) is -1.12. The maximum atomic E-state index is 12.2. The normalized spacial score (nSPS) is 15.5. The largest absolute Gasteiger partial charge is 0.494 e. The highest BCUT2D eigenvalue weighted by Gasteiger charge is 2.21. The molecule has 0 spiro atoms. The van der Waals surface area contributed by atoms with Gasteiger partial charge in [0.15, 0.2) is 0 Å². The average Bonchev–Trinajstić information content (AvgIpc) is 2.61. The number of rotatable bonds is 9. The van der Waals surface area contributed by atoms with Crippen molar-refractivity contribution >= 4 is 21.6 Å². The molecule has 2 N–H and O–H groups in total. The number of benzene rings is 1. The number of morpholine rings is 1. The van der Waals surface area contributed by atoms with Gasteiger partial charge < -0.3 is 19.7 Å². The lowest BCUT2D eigenvalue weighted by molar-refractivity contribution is -0.906. The van der Waals surface area contributed by atoms with Crippen molar-refractivity contribution in [2.24, 2.45) is 0 Å². The Bertz CT molecular complexity index is 672. The van der Waals surface area contributed by atoms with Gasteiger partial charge in [-0.25, -0.2) is 8.42 Å². The number of hydrogen-bond donors (Lipinski definition) is 2. The second-order valence-electron chi connectivity index (χ2n) is 6.16. The molecule has 26 heavy (non-hydrogen) atoms. The fourth-order valence-corrected chi connectivity index (χ4v) is 3.61. The van der Waals surface area contributed by atoms with Crippen LogP contribution in [0.4, 0.5) is 5.69 Å². The Hall–Kier alpha value is -1.84. The van der Waals surface area contributed by atoms with Crippen LogP contribution in [0.1, 0.15) is 6.92 Å². The number of sulfonamides is 1. The number of anilines is 1. The molecular formula is C17H28N3O5S+. The predicted molar refractivity (Wildman–Crippen MR) is 99.2 cm³/mol. The fraction of sp³-hybridized carbons (Fsp3) is 0.588. The quantitative estimate of drug-likeness (QED) is 0.561. The SMILES string of the molecule is CCOc1ccc(N(CC(=O)NCC[NH+]2CCOCC2)S(C)(=O)=O)cc1. The molecule has 8 nitrogen and oxygen atoms in total. The molecule has 1 aliphatic heterocycles. The molecule has 0 saturated carbocycles. The first-order valence-electron chi connectivity index (χ1n) is 8.78. The van der Waals surface area contributed by atoms with Crippen molar-refractivity contribution in [1.82, 2.24) is 5.32 Å². The molecule has 9 heteroatoms. The van der Waals surface area contributed by atoms with Crippen molar-refractivity contribution in [3.8, 4) is 5.75 Å². The van der Waals surface area contributed by atoms with Crippen LogP contribution in [-0.4, -0.2) is 73.1 Å². The van der Waals surface area contributed by atoms with Crippen LogP contribution in [0, 0.1) is 0 Å². The molecule has 0 aromatic heterocycles. The Kier molecular flexibility index (Phi) is 7.67. The van der Waals surface area contributed by atoms with Gasteiger partial charge in [0.1, 0.15) is 25.4 Å². The van der Waals surface area contributed by atoms with E-state index in [0.29, 0.717) is 24.6 Å². The van der Waals surface area contributed by atoms with E-state index >= 15 is 0 Å². The second kappa shape index (κ2) is 9.75. The minimum atomic E-state index is -3.57. The summed E-state index contributed by atoms with van der Waals surface area (Å²) in [7, 11) is -3.57. The third kappa shape index (κ3) is 6.47. The first kappa shape index (κ1) is 20.5. The Balaban J connectivity index is 1.91. The summed E-state index contributed by atoms with van der Waals surface area (Å²) >= 11 is 0. The van der Waals surface area contributed by atoms with E-state index in [0.717, 1.165) is 43.4 Å². The van der Waals surface area contributed by atoms with Gasteiger partial charge in [0.2, 0.25) is 15.9 Å². The van der Waals surface area contributed by atoms with Crippen LogP contribution in [-0.2, 0) is 19.6 Å². The zero-order chi connectivity index (χ0) is 19.0. The van der Waals surface area contributed by atoms with Crippen LogP contribution < -0.4 is 19.3 Å². The zero-order valence-electron chi connectivity index (χ0n) is 15.4. The maximum Gasteiger partial charge on any atom is 0.240 e. The number of hydrogen-bond acceptors (Lipinski definition) is 5. The number of carbonyl (C=O) groups excluding carboxylic acids is 1. The lowest BCUT2D eigenvalue weighted by Crippen LogP contribution is -3.14. The number of nitrogens with one attached hydrogen (secondary N) is 2. The minimum absolute atomic E-state index is 0.245. The molecule has 1 fully saturated rings. The Labute approximate surface area is 155 Å². The van der Waals surface area contributed by atoms with Gasteiger partial charge in [-0.2, -0.15) is 0 Å². The highest BCUT2D eigenvalue weighted by atomic mass is 32.2. The third-order valence-corrected chi connectivity index (χ3v) is 5.26. The number of carbonyl (C=O) groups is 1. The number of nitrogens with zero attached hydrogens (tertiary/aromatic N) is 1. The summed E-state index contributed by atoms with van der Waals surface area (Å²) in [5.41, 5.74) is 0.435. The molecule has 1 heterocycles. The molecule has 0 atom stereocenters. The van der Waals surface area contributed by atoms with Crippen LogP contribution >= 0.6 is 0 Å². The van der Waals surface area contributed by atoms with Gasteiger partial charge in [-0.1, -0.05) is 0 Å². The number of amides is 1. The standard InChI is InChI=1S/C17H27N3O5S/c1-3-25-16-6-4-15(5-7-16)20(26(2,22)23)14-17(21)18-8-9-19-10-12-24-13-11-19/h4-7H,3,8-14H2,1-2H3,(H,18,21)/p+1. The average molecular weight is 386 g/mol. The van der Waals surface area contributed by atoms with E-state index in [9.17, 15) is 13.2 Å². The van der Waals surface area contributed by atoms with Crippen molar-refractivity contribution < 1.29 is 27.6 Å². The van der Waals surface area contributed by atoms with Gasteiger partial charge in [0.05, 0.1) is 44.9 Å². The molecule has 1 aromatic carbocycles. The fourth-order valence-electron chi connectivity index (χ4n) is 2.75. The van der Waals surface area contributed by atoms with Crippen molar-refractivity contribution in [2.75, 3.05) is 63.1 Å². The van der Waals surface area contributed by atoms with E-state index in [1.807, 2.05) is 6.92 Å². The van der Waals surface area contributed by atoms with Gasteiger partial charge in [-0.3, -0.25) is 9.10 Å². The molecular weight excluding hydrogens is 358 g/mol. The summed E-state index contributed by atoms with van der Waals surface area (Å²) in [5.74, 6) is 0.333. The summed E-state index contributed by atoms with van der Waals surface area (Å²) in [6, 6.07) is 6.65. The number of quaternary nitrogens is 1. The van der Waals surface area contributed by atoms with E-state index in [4.69, 9.17) is 9.47 Å². The van der Waals surface area contributed by atoms with E-state index in [1.165, 1.54) is 4.90 Å². The molecule has 1 saturated heterocycles. The van der Waals surface area contributed by atoms with Crippen LogP contribution in [0.2, 0.25) is 0 Å². The first-order valence-corrected chi connectivity index (χ1v) is 10.6. The van der Waals surface area contributed by atoms with Crippen LogP contribution in [0.5, 0.6) is 5.75 Å². The first-order chi connectivity index (χ1) is 12.4. The van der Waals surface area contributed by atoms with Gasteiger partial charge >= 0.3 is 0 Å². The van der Waals surface area contributed by atoms with E-state index in [2.05, 4.69) is 5.32 Å². The van der Waals surface area contributed by atoms with Crippen molar-refractivity contribution in [3.63, 3.8) is 0 Å². The second-order valence-corrected chi connectivity index (χ2v) is 8.07. The Morgan fingerprint density at radius 3 is 2.50 bits per heavy atom. The van der Waals surface area contributed by atoms with Crippen molar-refractivity contribution in [2.45, 2.75) is 6.92 Å². The molecule has 1 amide bonds. The monoisotopic (exact) mass is 386 g/mol. The molecule has 1 aromatic rings. The molecule has 0 aliphatic carbocycles. The third-order valence-electron chi connectivity index (χ3n) is 4.12. The molecule has 0 bridgehead atoms. The van der Waals surface area contributed by atoms with Gasteiger partial charge in [-0.15, -0.1) is 0 Å². The summed E-state index contributed by atoms with van der Waals surface area (Å²) in [4.78, 5) is 13.6. The molecule has 2 rings (SSSR count). The van der Waals surface area contributed by atoms with E-state index in [-0.39, 0.29) is 12.5 Å². The molecule has 0 unspecified atom stereocenters. The molecule has 0 radical (unpaired) electrons. The Morgan fingerprint density at radius 2 is 1.92 bits per heavy atom. The molecule has 1 aliphatic rings. The van der Waals surface area contributed by atoms with Gasteiger partial charge in [0.25, 0.3) is 0 Å². The van der Waals surface area contributed by atoms with Crippen LogP contribution in [0.15, 0.2) is 24.3 Å². The van der Waals surface area contributed by atoms with Crippen LogP contribution in [0.25, 0.3) is 0 Å². The Morgan fingerprint density at radius 1 is 1.27 bits per heavy atom. The summed E-state index contributed by atoms with van der Waals surface area (Å²) in [5, 5.41) is 2.80. The smallest absolute Gasteiger partial charge is 0.240 e. The topological polar surface area (TPSA) is 89.4 Å². The summed E-state index contributed by atoms with van der Waals surface area (Å²) in [6.45, 7) is 6.81.